The highest BCUT2D eigenvalue weighted by molar-refractivity contribution is 14.1. The fourth-order valence-electron chi connectivity index (χ4n) is 0.879. The number of pyridine rings is 1. The molecule has 2 rings (SSSR count). The normalized spacial score (nSPS) is 10.7. The number of nitrogens with zero attached hydrogens (tertiary/aromatic N) is 1. The molecule has 0 N–H and O–H groups in total. The molecule has 0 aliphatic heterocycles. The van der Waals surface area contributed by atoms with Crippen molar-refractivity contribution in [2.24, 2.45) is 0 Å². The molecule has 0 unspecified atom stereocenters. The van der Waals surface area contributed by atoms with E-state index in [9.17, 15) is 0 Å². The molecule has 0 radical (unpaired) electrons. The molecule has 2 aromatic rings. The first-order valence-electron chi connectivity index (χ1n) is 2.97. The summed E-state index contributed by atoms with van der Waals surface area (Å²) < 4.78 is 1.22. The van der Waals surface area contributed by atoms with E-state index in [4.69, 9.17) is 11.6 Å². The van der Waals surface area contributed by atoms with Crippen LogP contribution in [0.25, 0.3) is 10.2 Å². The molecule has 2 heterocycles. The third kappa shape index (κ3) is 1.37. The maximum atomic E-state index is 5.93. The van der Waals surface area contributed by atoms with Crippen molar-refractivity contribution < 1.29 is 0 Å². The van der Waals surface area contributed by atoms with Crippen LogP contribution in [0.5, 0.6) is 0 Å². The highest BCUT2D eigenvalue weighted by Crippen LogP contribution is 2.29. The molecule has 0 aliphatic rings. The Hall–Kier alpha value is 0.130. The molecular weight excluding hydrogens is 293 g/mol. The van der Waals surface area contributed by atoms with Crippen LogP contribution in [-0.2, 0) is 0 Å². The number of hydrogen-bond acceptors (Lipinski definition) is 2. The van der Waals surface area contributed by atoms with Gasteiger partial charge in [0.25, 0.3) is 0 Å². The summed E-state index contributed by atoms with van der Waals surface area (Å²) in [6.07, 6.45) is 1.73. The number of halogens is 2. The van der Waals surface area contributed by atoms with Gasteiger partial charge in [0.1, 0.15) is 4.83 Å². The predicted octanol–water partition coefficient (Wildman–Crippen LogP) is 3.55. The van der Waals surface area contributed by atoms with E-state index in [1.165, 1.54) is 2.88 Å². The Bertz CT molecular complexity index is 398. The summed E-state index contributed by atoms with van der Waals surface area (Å²) in [6.45, 7) is 0. The molecule has 0 saturated heterocycles. The Morgan fingerprint density at radius 3 is 3.09 bits per heavy atom. The summed E-state index contributed by atoms with van der Waals surface area (Å²) in [5, 5.41) is 1.85. The zero-order valence-corrected chi connectivity index (χ0v) is 9.07. The Balaban J connectivity index is 2.90. The molecule has 0 fully saturated rings. The summed E-state index contributed by atoms with van der Waals surface area (Å²) in [6, 6.07) is 3.86. The van der Waals surface area contributed by atoms with E-state index < -0.39 is 0 Å². The van der Waals surface area contributed by atoms with Gasteiger partial charge >= 0.3 is 0 Å². The second kappa shape index (κ2) is 2.88. The van der Waals surface area contributed by atoms with Crippen LogP contribution in [0.15, 0.2) is 18.3 Å². The lowest BCUT2D eigenvalue weighted by atomic mass is 10.3. The van der Waals surface area contributed by atoms with Crippen LogP contribution in [0, 0.1) is 2.88 Å². The number of fused-ring (bicyclic) bond motifs is 1. The number of thiophene rings is 1. The van der Waals surface area contributed by atoms with Crippen molar-refractivity contribution in [3.63, 3.8) is 0 Å². The van der Waals surface area contributed by atoms with Crippen LogP contribution in [0.3, 0.4) is 0 Å². The first-order valence-corrected chi connectivity index (χ1v) is 5.24. The van der Waals surface area contributed by atoms with E-state index in [0.717, 1.165) is 15.2 Å². The van der Waals surface area contributed by atoms with Gasteiger partial charge in [-0.3, -0.25) is 0 Å². The fourth-order valence-corrected chi connectivity index (χ4v) is 2.83. The molecule has 0 aliphatic carbocycles. The van der Waals surface area contributed by atoms with Crippen molar-refractivity contribution in [3.8, 4) is 0 Å². The maximum absolute atomic E-state index is 5.93. The Kier molecular flexibility index (Phi) is 2.03. The van der Waals surface area contributed by atoms with Gasteiger partial charge in [0.2, 0.25) is 0 Å². The van der Waals surface area contributed by atoms with Gasteiger partial charge in [-0.25, -0.2) is 4.98 Å². The van der Waals surface area contributed by atoms with Crippen molar-refractivity contribution in [1.29, 1.82) is 0 Å². The van der Waals surface area contributed by atoms with Gasteiger partial charge in [0.15, 0.2) is 0 Å². The first-order chi connectivity index (χ1) is 5.27. The average Bonchev–Trinajstić information content (AvgIpc) is 2.31. The minimum absolute atomic E-state index is 0.786. The molecule has 0 atom stereocenters. The number of rotatable bonds is 0. The van der Waals surface area contributed by atoms with Gasteiger partial charge in [0, 0.05) is 11.6 Å². The molecule has 11 heavy (non-hydrogen) atoms. The third-order valence-corrected chi connectivity index (χ3v) is 3.49. The lowest BCUT2D eigenvalue weighted by Gasteiger charge is -1.88. The molecule has 56 valence electrons. The third-order valence-electron chi connectivity index (χ3n) is 1.35. The lowest BCUT2D eigenvalue weighted by Crippen LogP contribution is -1.69. The van der Waals surface area contributed by atoms with Crippen LogP contribution in [0.1, 0.15) is 0 Å². The Labute approximate surface area is 86.5 Å². The van der Waals surface area contributed by atoms with Gasteiger partial charge in [-0.15, -0.1) is 11.3 Å². The summed E-state index contributed by atoms with van der Waals surface area (Å²) in [5.41, 5.74) is 0. The SMILES string of the molecule is Clc1ccnc2sc(I)cc12. The van der Waals surface area contributed by atoms with Crippen LogP contribution < -0.4 is 0 Å². The standard InChI is InChI=1S/C7H3ClINS/c8-5-1-2-10-7-4(5)3-6(9)11-7/h1-3H. The monoisotopic (exact) mass is 295 g/mol. The maximum Gasteiger partial charge on any atom is 0.125 e. The molecule has 4 heteroatoms. The second-order valence-electron chi connectivity index (χ2n) is 2.06. The molecular formula is C7H3ClINS. The number of aromatic nitrogens is 1. The molecule has 0 spiro atoms. The van der Waals surface area contributed by atoms with E-state index in [0.29, 0.717) is 0 Å². The minimum atomic E-state index is 0.786. The van der Waals surface area contributed by atoms with E-state index in [-0.39, 0.29) is 0 Å². The van der Waals surface area contributed by atoms with Crippen LogP contribution in [0.2, 0.25) is 5.02 Å². The van der Waals surface area contributed by atoms with Gasteiger partial charge in [-0.2, -0.15) is 0 Å². The molecule has 2 aromatic heterocycles. The highest BCUT2D eigenvalue weighted by atomic mass is 127. The largest absolute Gasteiger partial charge is 0.245 e. The van der Waals surface area contributed by atoms with Crippen molar-refractivity contribution in [1.82, 2.24) is 4.98 Å². The van der Waals surface area contributed by atoms with Crippen molar-refractivity contribution in [2.75, 3.05) is 0 Å². The smallest absolute Gasteiger partial charge is 0.125 e. The summed E-state index contributed by atoms with van der Waals surface area (Å²) in [4.78, 5) is 5.21. The van der Waals surface area contributed by atoms with Gasteiger partial charge in [0.05, 0.1) is 7.91 Å². The lowest BCUT2D eigenvalue weighted by molar-refractivity contribution is 1.45. The van der Waals surface area contributed by atoms with Gasteiger partial charge in [-0.1, -0.05) is 11.6 Å². The highest BCUT2D eigenvalue weighted by Gasteiger charge is 2.02. The van der Waals surface area contributed by atoms with Crippen LogP contribution in [-0.4, -0.2) is 4.98 Å². The molecule has 0 saturated carbocycles. The van der Waals surface area contributed by atoms with Gasteiger partial charge in [-0.05, 0) is 34.7 Å². The Morgan fingerprint density at radius 1 is 1.55 bits per heavy atom. The first kappa shape index (κ1) is 7.76. The predicted molar refractivity (Wildman–Crippen MR) is 57.3 cm³/mol. The Morgan fingerprint density at radius 2 is 2.36 bits per heavy atom. The summed E-state index contributed by atoms with van der Waals surface area (Å²) in [7, 11) is 0. The zero-order valence-electron chi connectivity index (χ0n) is 5.34. The summed E-state index contributed by atoms with van der Waals surface area (Å²) in [5.74, 6) is 0. The molecule has 0 aromatic carbocycles. The van der Waals surface area contributed by atoms with Crippen LogP contribution >= 0.6 is 45.5 Å². The van der Waals surface area contributed by atoms with Gasteiger partial charge < -0.3 is 0 Å². The average molecular weight is 296 g/mol. The number of hydrogen-bond donors (Lipinski definition) is 0. The quantitative estimate of drug-likeness (QED) is 0.677. The molecule has 1 nitrogen and oxygen atoms in total. The molecule has 0 bridgehead atoms. The fraction of sp³-hybridized carbons (Fsp3) is 0. The van der Waals surface area contributed by atoms with Crippen molar-refractivity contribution in [2.45, 2.75) is 0 Å². The molecule has 0 amide bonds. The van der Waals surface area contributed by atoms with Crippen LogP contribution in [0.4, 0.5) is 0 Å². The van der Waals surface area contributed by atoms with Crippen molar-refractivity contribution >= 4 is 55.7 Å². The van der Waals surface area contributed by atoms with Crippen molar-refractivity contribution in [3.05, 3.63) is 26.2 Å². The van der Waals surface area contributed by atoms with E-state index >= 15 is 0 Å². The minimum Gasteiger partial charge on any atom is -0.245 e. The zero-order chi connectivity index (χ0) is 7.84. The second-order valence-corrected chi connectivity index (χ2v) is 5.39. The van der Waals surface area contributed by atoms with E-state index in [1.807, 2.05) is 6.07 Å². The topological polar surface area (TPSA) is 12.9 Å². The van der Waals surface area contributed by atoms with E-state index in [2.05, 4.69) is 33.6 Å². The summed E-state index contributed by atoms with van der Waals surface area (Å²) >= 11 is 9.86. The van der Waals surface area contributed by atoms with E-state index in [1.54, 1.807) is 17.5 Å².